The molecule has 1 fully saturated rings. The van der Waals surface area contributed by atoms with Crippen molar-refractivity contribution in [3.8, 4) is 0 Å². The van der Waals surface area contributed by atoms with Crippen molar-refractivity contribution >= 4 is 0 Å². The minimum absolute atomic E-state index is 0.500. The van der Waals surface area contributed by atoms with E-state index in [1.165, 1.54) is 0 Å². The number of aromatic amines is 1. The van der Waals surface area contributed by atoms with Crippen LogP contribution in [0.2, 0.25) is 0 Å². The highest BCUT2D eigenvalue weighted by molar-refractivity contribution is 5.09. The zero-order valence-electron chi connectivity index (χ0n) is 10.8. The van der Waals surface area contributed by atoms with Crippen molar-refractivity contribution in [2.45, 2.75) is 37.4 Å². The van der Waals surface area contributed by atoms with E-state index in [0.29, 0.717) is 10.8 Å². The maximum Gasteiger partial charge on any atom is 0.330 e. The van der Waals surface area contributed by atoms with E-state index in [1.807, 2.05) is 0 Å². The molecule has 20 heavy (non-hydrogen) atoms. The van der Waals surface area contributed by atoms with Crippen LogP contribution < -0.4 is 11.2 Å². The summed E-state index contributed by atoms with van der Waals surface area (Å²) in [6, 6.07) is 0. The maximum atomic E-state index is 14.7. The van der Waals surface area contributed by atoms with Crippen molar-refractivity contribution in [1.82, 2.24) is 9.55 Å². The summed E-state index contributed by atoms with van der Waals surface area (Å²) in [5.74, 6) is -1.30. The van der Waals surface area contributed by atoms with Gasteiger partial charge in [0.2, 0.25) is 5.82 Å². The molecule has 0 aliphatic carbocycles. The molecule has 0 spiro atoms. The van der Waals surface area contributed by atoms with E-state index in [4.69, 9.17) is 9.84 Å². The first kappa shape index (κ1) is 14.8. The highest BCUT2D eigenvalue weighted by Crippen LogP contribution is 2.47. The first-order valence-electron chi connectivity index (χ1n) is 5.81. The van der Waals surface area contributed by atoms with Crippen molar-refractivity contribution in [2.75, 3.05) is 6.61 Å². The standard InChI is InChI=1S/C11H14F2N2O5/c1-10(13)8(20-6(4-16)11(10,2)19)15-3-5(12)7(17)14-9(15)18/h3,6,8,16,19H,4H2,1-2H3,(H,14,17,18)/t6-,8?,10+,11?/m1/s1. The predicted octanol–water partition coefficient (Wildman–Crippen LogP) is -0.955. The van der Waals surface area contributed by atoms with Gasteiger partial charge in [0.05, 0.1) is 12.8 Å². The monoisotopic (exact) mass is 292 g/mol. The Hall–Kier alpha value is -1.58. The second-order valence-corrected chi connectivity index (χ2v) is 5.03. The molecule has 2 rings (SSSR count). The number of ether oxygens (including phenoxy) is 1. The van der Waals surface area contributed by atoms with Crippen LogP contribution in [-0.2, 0) is 4.74 Å². The number of H-pyrrole nitrogens is 1. The van der Waals surface area contributed by atoms with Gasteiger partial charge in [-0.1, -0.05) is 0 Å². The molecule has 0 aromatic carbocycles. The highest BCUT2D eigenvalue weighted by atomic mass is 19.1. The Morgan fingerprint density at radius 3 is 2.60 bits per heavy atom. The van der Waals surface area contributed by atoms with Crippen molar-refractivity contribution in [3.05, 3.63) is 32.9 Å². The van der Waals surface area contributed by atoms with Crippen LogP contribution in [0.15, 0.2) is 15.8 Å². The number of aromatic nitrogens is 2. The molecular weight excluding hydrogens is 278 g/mol. The van der Waals surface area contributed by atoms with Crippen LogP contribution in [0.5, 0.6) is 0 Å². The molecular formula is C11H14F2N2O5. The van der Waals surface area contributed by atoms with Crippen LogP contribution in [0.4, 0.5) is 8.78 Å². The average molecular weight is 292 g/mol. The maximum absolute atomic E-state index is 14.7. The number of hydrogen-bond acceptors (Lipinski definition) is 5. The van der Waals surface area contributed by atoms with E-state index in [9.17, 15) is 23.5 Å². The van der Waals surface area contributed by atoms with E-state index >= 15 is 0 Å². The van der Waals surface area contributed by atoms with E-state index in [2.05, 4.69) is 0 Å². The van der Waals surface area contributed by atoms with Crippen LogP contribution in [0.25, 0.3) is 0 Å². The molecule has 0 amide bonds. The summed E-state index contributed by atoms with van der Waals surface area (Å²) in [6.45, 7) is 1.37. The molecule has 2 unspecified atom stereocenters. The molecule has 1 aromatic rings. The Bertz CT molecular complexity index is 636. The van der Waals surface area contributed by atoms with Gasteiger partial charge in [-0.05, 0) is 13.8 Å². The Morgan fingerprint density at radius 2 is 2.10 bits per heavy atom. The highest BCUT2D eigenvalue weighted by Gasteiger charge is 2.63. The third-order valence-corrected chi connectivity index (χ3v) is 3.72. The molecule has 1 aliphatic heterocycles. The van der Waals surface area contributed by atoms with Gasteiger partial charge in [-0.15, -0.1) is 0 Å². The minimum Gasteiger partial charge on any atom is -0.394 e. The van der Waals surface area contributed by atoms with Gasteiger partial charge in [-0.25, -0.2) is 9.18 Å². The number of nitrogens with zero attached hydrogens (tertiary/aromatic N) is 1. The van der Waals surface area contributed by atoms with Gasteiger partial charge in [0, 0.05) is 0 Å². The lowest BCUT2D eigenvalue weighted by Gasteiger charge is -2.32. The molecule has 1 aromatic heterocycles. The molecule has 1 saturated heterocycles. The molecule has 2 heterocycles. The smallest absolute Gasteiger partial charge is 0.330 e. The average Bonchev–Trinajstić information content (AvgIpc) is 2.52. The van der Waals surface area contributed by atoms with Gasteiger partial charge in [0.1, 0.15) is 11.7 Å². The molecule has 0 saturated carbocycles. The van der Waals surface area contributed by atoms with Crippen LogP contribution in [-0.4, -0.2) is 43.7 Å². The number of aliphatic hydroxyl groups excluding tert-OH is 1. The van der Waals surface area contributed by atoms with E-state index in [1.54, 1.807) is 4.98 Å². The summed E-state index contributed by atoms with van der Waals surface area (Å²) < 4.78 is 33.6. The third kappa shape index (κ3) is 1.89. The summed E-state index contributed by atoms with van der Waals surface area (Å²) in [4.78, 5) is 24.2. The van der Waals surface area contributed by atoms with Gasteiger partial charge in [0.25, 0.3) is 5.56 Å². The molecule has 112 valence electrons. The van der Waals surface area contributed by atoms with E-state index in [0.717, 1.165) is 13.8 Å². The summed E-state index contributed by atoms with van der Waals surface area (Å²) in [7, 11) is 0. The van der Waals surface area contributed by atoms with E-state index in [-0.39, 0.29) is 0 Å². The van der Waals surface area contributed by atoms with Crippen LogP contribution in [0.3, 0.4) is 0 Å². The second kappa shape index (κ2) is 4.47. The minimum atomic E-state index is -2.49. The fraction of sp³-hybridized carbons (Fsp3) is 0.636. The number of halogens is 2. The second-order valence-electron chi connectivity index (χ2n) is 5.03. The Balaban J connectivity index is 2.57. The van der Waals surface area contributed by atoms with Gasteiger partial charge in [-0.2, -0.15) is 4.39 Å². The molecule has 0 bridgehead atoms. The molecule has 0 radical (unpaired) electrons. The number of nitrogens with one attached hydrogen (secondary N) is 1. The number of rotatable bonds is 2. The number of aliphatic hydroxyl groups is 2. The molecule has 9 heteroatoms. The summed E-state index contributed by atoms with van der Waals surface area (Å²) in [6.07, 6.45) is -2.49. The summed E-state index contributed by atoms with van der Waals surface area (Å²) in [5.41, 5.74) is -6.91. The molecule has 4 atom stereocenters. The quantitative estimate of drug-likeness (QED) is 0.651. The van der Waals surface area contributed by atoms with Crippen molar-refractivity contribution in [2.24, 2.45) is 0 Å². The lowest BCUT2D eigenvalue weighted by molar-refractivity contribution is -0.0892. The fourth-order valence-corrected chi connectivity index (χ4v) is 2.16. The zero-order chi connectivity index (χ0) is 15.3. The molecule has 7 nitrogen and oxygen atoms in total. The van der Waals surface area contributed by atoms with Crippen LogP contribution >= 0.6 is 0 Å². The van der Waals surface area contributed by atoms with Gasteiger partial charge in [0.15, 0.2) is 11.9 Å². The number of hydrogen-bond donors (Lipinski definition) is 3. The Morgan fingerprint density at radius 1 is 1.50 bits per heavy atom. The van der Waals surface area contributed by atoms with Crippen LogP contribution in [0.1, 0.15) is 20.1 Å². The summed E-state index contributed by atoms with van der Waals surface area (Å²) >= 11 is 0. The normalized spacial score (nSPS) is 37.3. The Kier molecular flexibility index (Phi) is 3.31. The first-order chi connectivity index (χ1) is 9.12. The molecule has 3 N–H and O–H groups in total. The fourth-order valence-electron chi connectivity index (χ4n) is 2.16. The predicted molar refractivity (Wildman–Crippen MR) is 62.4 cm³/mol. The zero-order valence-corrected chi connectivity index (χ0v) is 10.8. The number of alkyl halides is 1. The SMILES string of the molecule is CC1(O)[C@@H](CO)OC(n2cc(F)c(=O)[nH]c2=O)[C@]1(C)F. The lowest BCUT2D eigenvalue weighted by Crippen LogP contribution is -2.52. The van der Waals surface area contributed by atoms with Crippen molar-refractivity contribution in [1.29, 1.82) is 0 Å². The van der Waals surface area contributed by atoms with E-state index < -0.39 is 47.3 Å². The lowest BCUT2D eigenvalue weighted by atomic mass is 9.85. The summed E-state index contributed by atoms with van der Waals surface area (Å²) in [5, 5.41) is 19.2. The topological polar surface area (TPSA) is 105 Å². The molecule has 1 aliphatic rings. The third-order valence-electron chi connectivity index (χ3n) is 3.72. The first-order valence-corrected chi connectivity index (χ1v) is 5.81. The largest absolute Gasteiger partial charge is 0.394 e. The van der Waals surface area contributed by atoms with Gasteiger partial charge in [-0.3, -0.25) is 14.3 Å². The van der Waals surface area contributed by atoms with Gasteiger partial charge < -0.3 is 14.9 Å². The van der Waals surface area contributed by atoms with Crippen LogP contribution in [0, 0.1) is 5.82 Å². The van der Waals surface area contributed by atoms with Crippen molar-refractivity contribution in [3.63, 3.8) is 0 Å². The van der Waals surface area contributed by atoms with Crippen molar-refractivity contribution < 1.29 is 23.7 Å². The Labute approximate surface area is 111 Å². The van der Waals surface area contributed by atoms with Gasteiger partial charge >= 0.3 is 5.69 Å².